The minimum absolute atomic E-state index is 0.0831. The Morgan fingerprint density at radius 1 is 1.14 bits per heavy atom. The van der Waals surface area contributed by atoms with Crippen molar-refractivity contribution in [3.63, 3.8) is 0 Å². The summed E-state index contributed by atoms with van der Waals surface area (Å²) in [5.74, 6) is -6.12. The number of esters is 3. The molecule has 0 unspecified atom stereocenters. The maximum Gasteiger partial charge on any atom is 0.348 e. The largest absolute Gasteiger partial charge is 0.467 e. The minimum Gasteiger partial charge on any atom is -0.467 e. The lowest BCUT2D eigenvalue weighted by atomic mass is 9.37. The van der Waals surface area contributed by atoms with Gasteiger partial charge in [-0.2, -0.15) is 0 Å². The first kappa shape index (κ1) is 26.3. The van der Waals surface area contributed by atoms with E-state index in [9.17, 15) is 34.5 Å². The molecule has 0 aromatic rings. The van der Waals surface area contributed by atoms with Crippen molar-refractivity contribution in [1.29, 1.82) is 0 Å². The van der Waals surface area contributed by atoms with Gasteiger partial charge in [-0.3, -0.25) is 4.79 Å². The second-order valence-corrected chi connectivity index (χ2v) is 11.9. The molecule has 1 spiro atoms. The third-order valence-corrected chi connectivity index (χ3v) is 9.88. The molecule has 2 aliphatic heterocycles. The first-order valence-electron chi connectivity index (χ1n) is 12.6. The van der Waals surface area contributed by atoms with Gasteiger partial charge in [0.1, 0.15) is 18.3 Å². The molecule has 0 amide bonds. The van der Waals surface area contributed by atoms with Crippen LogP contribution in [0.1, 0.15) is 40.5 Å². The number of rotatable bonds is 3. The Morgan fingerprint density at radius 3 is 2.43 bits per heavy atom. The predicted molar refractivity (Wildman–Crippen MR) is 122 cm³/mol. The van der Waals surface area contributed by atoms with Gasteiger partial charge >= 0.3 is 17.9 Å². The maximum absolute atomic E-state index is 13.4. The number of hydrogen-bond donors (Lipinski definition) is 3. The molecule has 0 aromatic heterocycles. The van der Waals surface area contributed by atoms with E-state index in [-0.39, 0.29) is 31.1 Å². The third-order valence-electron chi connectivity index (χ3n) is 9.88. The molecular formula is C26H34O11. The van der Waals surface area contributed by atoms with Gasteiger partial charge in [0.15, 0.2) is 5.78 Å². The van der Waals surface area contributed by atoms with Crippen LogP contribution in [0.15, 0.2) is 11.6 Å². The Kier molecular flexibility index (Phi) is 5.91. The number of hydrogen-bond acceptors (Lipinski definition) is 11. The van der Waals surface area contributed by atoms with Crippen LogP contribution in [0.25, 0.3) is 0 Å². The second-order valence-electron chi connectivity index (χ2n) is 11.9. The monoisotopic (exact) mass is 522 g/mol. The average molecular weight is 523 g/mol. The van der Waals surface area contributed by atoms with Gasteiger partial charge in [-0.1, -0.05) is 19.4 Å². The summed E-state index contributed by atoms with van der Waals surface area (Å²) in [6, 6.07) is 0. The fourth-order valence-electron chi connectivity index (χ4n) is 8.61. The molecule has 5 aliphatic rings. The van der Waals surface area contributed by atoms with Gasteiger partial charge < -0.3 is 34.3 Å². The molecule has 37 heavy (non-hydrogen) atoms. The highest BCUT2D eigenvalue weighted by Gasteiger charge is 2.85. The Balaban J connectivity index is 1.72. The highest BCUT2D eigenvalue weighted by molar-refractivity contribution is 5.90. The number of methoxy groups -OCH3 is 1. The molecule has 3 saturated carbocycles. The number of aliphatic hydroxyl groups excluding tert-OH is 3. The van der Waals surface area contributed by atoms with Crippen molar-refractivity contribution in [2.45, 2.75) is 76.7 Å². The summed E-state index contributed by atoms with van der Waals surface area (Å²) in [4.78, 5) is 52.3. The zero-order chi connectivity index (χ0) is 27.2. The molecule has 0 radical (unpaired) electrons. The van der Waals surface area contributed by atoms with E-state index in [1.165, 1.54) is 6.08 Å². The van der Waals surface area contributed by atoms with Crippen molar-refractivity contribution in [2.75, 3.05) is 13.7 Å². The number of aliphatic hydroxyl groups is 3. The van der Waals surface area contributed by atoms with Gasteiger partial charge in [-0.25, -0.2) is 14.4 Å². The molecule has 11 heteroatoms. The summed E-state index contributed by atoms with van der Waals surface area (Å²) >= 11 is 0. The summed E-state index contributed by atoms with van der Waals surface area (Å²) in [6.45, 7) is 6.71. The number of ether oxygens (including phenoxy) is 4. The summed E-state index contributed by atoms with van der Waals surface area (Å²) in [5.41, 5.74) is -3.81. The van der Waals surface area contributed by atoms with Crippen molar-refractivity contribution < 1.29 is 53.4 Å². The third kappa shape index (κ3) is 3.14. The SMILES string of the molecule is COC(=O)[C@]12OC[C@]34[C@H]([C@@H](O)[C@@H]1O)[C@@]1(C)CC(=O)[C@H](O)[C@@H](C)[C@@H]1C[C@H]3OC(=O)[C@H](OC(=O)C=C(C)C)[C@@H]24. The number of ketones is 1. The van der Waals surface area contributed by atoms with E-state index < -0.39 is 82.6 Å². The number of carbonyl (C=O) groups excluding carboxylic acids is 4. The van der Waals surface area contributed by atoms with Crippen molar-refractivity contribution in [2.24, 2.45) is 34.5 Å². The molecule has 3 N–H and O–H groups in total. The standard InChI is InChI=1S/C26H34O11/c1-10(2)6-15(28)37-18-20-25-9-35-26(20,23(33)34-5)21(31)17(30)19(25)24(4)8-13(27)16(29)11(3)12(24)7-14(25)36-22(18)32/h6,11-12,14,16-21,29-31H,7-9H2,1-5H3/t11-,12-,14+,16+,17+,18+,19+,20+,21-,24-,25+,26+/m0/s1. The van der Waals surface area contributed by atoms with E-state index >= 15 is 0 Å². The number of fused-ring (bicyclic) bond motifs is 2. The fourth-order valence-corrected chi connectivity index (χ4v) is 8.61. The van der Waals surface area contributed by atoms with Crippen LogP contribution in [-0.2, 0) is 38.1 Å². The first-order valence-corrected chi connectivity index (χ1v) is 12.6. The Morgan fingerprint density at radius 2 is 1.81 bits per heavy atom. The molecular weight excluding hydrogens is 488 g/mol. The smallest absolute Gasteiger partial charge is 0.348 e. The summed E-state index contributed by atoms with van der Waals surface area (Å²) in [7, 11) is 1.10. The lowest BCUT2D eigenvalue weighted by Crippen LogP contribution is -2.79. The zero-order valence-electron chi connectivity index (χ0n) is 21.5. The highest BCUT2D eigenvalue weighted by atomic mass is 16.6. The Bertz CT molecular complexity index is 1080. The van der Waals surface area contributed by atoms with Crippen LogP contribution in [0.3, 0.4) is 0 Å². The Labute approximate surface area is 214 Å². The molecule has 2 saturated heterocycles. The quantitative estimate of drug-likeness (QED) is 0.253. The molecule has 3 aliphatic carbocycles. The van der Waals surface area contributed by atoms with E-state index in [0.29, 0.717) is 5.57 Å². The molecule has 5 rings (SSSR count). The summed E-state index contributed by atoms with van der Waals surface area (Å²) in [5, 5.41) is 33.7. The van der Waals surface area contributed by atoms with Crippen molar-refractivity contribution >= 4 is 23.7 Å². The van der Waals surface area contributed by atoms with E-state index in [1.807, 2.05) is 6.92 Å². The molecule has 204 valence electrons. The fraction of sp³-hybridized carbons (Fsp3) is 0.769. The van der Waals surface area contributed by atoms with Gasteiger partial charge in [0, 0.05) is 23.8 Å². The molecule has 0 aromatic carbocycles. The highest BCUT2D eigenvalue weighted by Crippen LogP contribution is 2.72. The topological polar surface area (TPSA) is 166 Å². The lowest BCUT2D eigenvalue weighted by Gasteiger charge is -2.68. The molecule has 11 nitrogen and oxygen atoms in total. The van der Waals surface area contributed by atoms with Crippen LogP contribution in [-0.4, -0.2) is 88.8 Å². The minimum atomic E-state index is -2.20. The van der Waals surface area contributed by atoms with Crippen LogP contribution in [0.4, 0.5) is 0 Å². The number of Topliss-reactive ketones (excluding diaryl/α,β-unsaturated/α-hetero) is 1. The van der Waals surface area contributed by atoms with E-state index in [4.69, 9.17) is 18.9 Å². The van der Waals surface area contributed by atoms with Gasteiger partial charge in [-0.15, -0.1) is 0 Å². The maximum atomic E-state index is 13.4. The predicted octanol–water partition coefficient (Wildman–Crippen LogP) is -0.318. The van der Waals surface area contributed by atoms with Gasteiger partial charge in [0.25, 0.3) is 0 Å². The van der Waals surface area contributed by atoms with E-state index in [2.05, 4.69) is 0 Å². The van der Waals surface area contributed by atoms with Crippen molar-refractivity contribution in [1.82, 2.24) is 0 Å². The number of allylic oxidation sites excluding steroid dienone is 1. The first-order chi connectivity index (χ1) is 17.3. The molecule has 2 heterocycles. The van der Waals surface area contributed by atoms with Crippen LogP contribution >= 0.6 is 0 Å². The Hall–Kier alpha value is -2.34. The summed E-state index contributed by atoms with van der Waals surface area (Å²) in [6.07, 6.45) is -5.80. The lowest BCUT2D eigenvalue weighted by molar-refractivity contribution is -0.298. The van der Waals surface area contributed by atoms with Crippen LogP contribution in [0.2, 0.25) is 0 Å². The van der Waals surface area contributed by atoms with E-state index in [1.54, 1.807) is 20.8 Å². The normalized spacial score (nSPS) is 49.8. The van der Waals surface area contributed by atoms with Crippen LogP contribution in [0.5, 0.6) is 0 Å². The van der Waals surface area contributed by atoms with Gasteiger partial charge in [-0.05, 0) is 37.5 Å². The van der Waals surface area contributed by atoms with Crippen molar-refractivity contribution in [3.05, 3.63) is 11.6 Å². The van der Waals surface area contributed by atoms with E-state index in [0.717, 1.165) is 7.11 Å². The molecule has 2 bridgehead atoms. The number of carbonyl (C=O) groups is 4. The van der Waals surface area contributed by atoms with Gasteiger partial charge in [0.2, 0.25) is 11.7 Å². The molecule has 5 fully saturated rings. The van der Waals surface area contributed by atoms with Crippen LogP contribution in [0, 0.1) is 34.5 Å². The van der Waals surface area contributed by atoms with Crippen molar-refractivity contribution in [3.8, 4) is 0 Å². The van der Waals surface area contributed by atoms with Crippen LogP contribution < -0.4 is 0 Å². The summed E-state index contributed by atoms with van der Waals surface area (Å²) < 4.78 is 22.5. The second kappa shape index (κ2) is 8.33. The molecule has 12 atom stereocenters. The zero-order valence-corrected chi connectivity index (χ0v) is 21.5. The average Bonchev–Trinajstić information content (AvgIpc) is 3.12. The van der Waals surface area contributed by atoms with Gasteiger partial charge in [0.05, 0.1) is 25.7 Å².